The first-order valence-corrected chi connectivity index (χ1v) is 6.50. The molecule has 104 valence electrons. The van der Waals surface area contributed by atoms with Crippen LogP contribution in [-0.2, 0) is 4.79 Å². The Kier molecular flexibility index (Phi) is 4.37. The zero-order valence-corrected chi connectivity index (χ0v) is 10.9. The third kappa shape index (κ3) is 3.44. The molecule has 19 heavy (non-hydrogen) atoms. The molecular formula is C14H18FNO3. The lowest BCUT2D eigenvalue weighted by molar-refractivity contribution is -0.127. The van der Waals surface area contributed by atoms with Gasteiger partial charge in [0.05, 0.1) is 6.10 Å². The summed E-state index contributed by atoms with van der Waals surface area (Å²) in [5.74, 6) is -0.372. The van der Waals surface area contributed by atoms with Gasteiger partial charge in [0, 0.05) is 18.2 Å². The van der Waals surface area contributed by atoms with Gasteiger partial charge in [0.2, 0.25) is 0 Å². The Morgan fingerprint density at radius 1 is 1.47 bits per heavy atom. The average Bonchev–Trinajstić information content (AvgIpc) is 2.55. The second kappa shape index (κ2) is 6.02. The van der Waals surface area contributed by atoms with E-state index in [1.165, 1.54) is 19.1 Å². The molecule has 1 unspecified atom stereocenters. The first kappa shape index (κ1) is 13.8. The maximum atomic E-state index is 13.7. The van der Waals surface area contributed by atoms with Gasteiger partial charge in [0.25, 0.3) is 5.91 Å². The summed E-state index contributed by atoms with van der Waals surface area (Å²) >= 11 is 0. The first-order chi connectivity index (χ1) is 9.08. The Balaban J connectivity index is 2.10. The summed E-state index contributed by atoms with van der Waals surface area (Å²) in [7, 11) is 0. The van der Waals surface area contributed by atoms with Crippen LogP contribution in [0.5, 0.6) is 5.75 Å². The molecule has 2 atom stereocenters. The van der Waals surface area contributed by atoms with Crippen LogP contribution in [0, 0.1) is 5.82 Å². The molecule has 0 saturated carbocycles. The van der Waals surface area contributed by atoms with Gasteiger partial charge < -0.3 is 15.2 Å². The Morgan fingerprint density at radius 2 is 2.26 bits per heavy atom. The van der Waals surface area contributed by atoms with Gasteiger partial charge >= 0.3 is 0 Å². The second-order valence-electron chi connectivity index (χ2n) is 4.75. The minimum atomic E-state index is -0.866. The molecule has 1 aliphatic rings. The Bertz CT molecular complexity index is 462. The number of hydrogen-bond acceptors (Lipinski definition) is 3. The highest BCUT2D eigenvalue weighted by Gasteiger charge is 2.22. The summed E-state index contributed by atoms with van der Waals surface area (Å²) in [6.07, 6.45) is 1.03. The van der Waals surface area contributed by atoms with Crippen molar-refractivity contribution in [3.05, 3.63) is 29.6 Å². The highest BCUT2D eigenvalue weighted by atomic mass is 19.1. The fourth-order valence-corrected chi connectivity index (χ4v) is 2.11. The normalized spacial score (nSPS) is 21.4. The molecule has 1 fully saturated rings. The molecular weight excluding hydrogens is 249 g/mol. The minimum absolute atomic E-state index is 0.155. The van der Waals surface area contributed by atoms with Crippen molar-refractivity contribution in [3.8, 4) is 5.75 Å². The number of carbonyl (C=O) groups is 1. The lowest BCUT2D eigenvalue weighted by Gasteiger charge is -2.16. The molecule has 1 amide bonds. The molecule has 1 aromatic carbocycles. The van der Waals surface area contributed by atoms with Gasteiger partial charge in [-0.15, -0.1) is 0 Å². The van der Waals surface area contributed by atoms with Crippen molar-refractivity contribution in [1.82, 2.24) is 5.32 Å². The maximum Gasteiger partial charge on any atom is 0.261 e. The Labute approximate surface area is 111 Å². The standard InChI is InChI=1S/C14H18FNO3/c1-9(17)11-6-5-10(8-12(11)15)19-13-4-2-3-7-16-14(13)18/h5-6,8-9,13,17H,2-4,7H2,1H3,(H,16,18)/t9-,13?/m1/s1. The lowest BCUT2D eigenvalue weighted by atomic mass is 10.1. The fraction of sp³-hybridized carbons (Fsp3) is 0.500. The van der Waals surface area contributed by atoms with Gasteiger partial charge in [-0.3, -0.25) is 4.79 Å². The van der Waals surface area contributed by atoms with Crippen molar-refractivity contribution in [2.75, 3.05) is 6.54 Å². The van der Waals surface area contributed by atoms with Crippen molar-refractivity contribution in [1.29, 1.82) is 0 Å². The van der Waals surface area contributed by atoms with E-state index < -0.39 is 18.0 Å². The van der Waals surface area contributed by atoms with Gasteiger partial charge in [-0.1, -0.05) is 0 Å². The molecule has 0 spiro atoms. The molecule has 2 N–H and O–H groups in total. The van der Waals surface area contributed by atoms with Crippen molar-refractivity contribution < 1.29 is 19.0 Å². The molecule has 0 radical (unpaired) electrons. The van der Waals surface area contributed by atoms with E-state index in [0.29, 0.717) is 18.7 Å². The number of halogens is 1. The van der Waals surface area contributed by atoms with Crippen LogP contribution < -0.4 is 10.1 Å². The summed E-state index contributed by atoms with van der Waals surface area (Å²) in [6.45, 7) is 2.16. The monoisotopic (exact) mass is 267 g/mol. The molecule has 0 bridgehead atoms. The zero-order valence-electron chi connectivity index (χ0n) is 10.9. The number of amides is 1. The van der Waals surface area contributed by atoms with Crippen molar-refractivity contribution in [2.45, 2.75) is 38.4 Å². The van der Waals surface area contributed by atoms with Gasteiger partial charge in [-0.25, -0.2) is 4.39 Å². The van der Waals surface area contributed by atoms with E-state index in [4.69, 9.17) is 4.74 Å². The van der Waals surface area contributed by atoms with E-state index in [2.05, 4.69) is 5.32 Å². The van der Waals surface area contributed by atoms with Gasteiger partial charge in [-0.2, -0.15) is 0 Å². The lowest BCUT2D eigenvalue weighted by Crippen LogP contribution is -2.36. The SMILES string of the molecule is C[C@@H](O)c1ccc(OC2CCCCNC2=O)cc1F. The van der Waals surface area contributed by atoms with E-state index in [1.54, 1.807) is 6.07 Å². The van der Waals surface area contributed by atoms with Crippen LogP contribution in [-0.4, -0.2) is 23.7 Å². The number of aliphatic hydroxyl groups is 1. The molecule has 5 heteroatoms. The molecule has 1 heterocycles. The van der Waals surface area contributed by atoms with Gasteiger partial charge in [0.15, 0.2) is 6.10 Å². The fourth-order valence-electron chi connectivity index (χ4n) is 2.11. The molecule has 2 rings (SSSR count). The number of benzene rings is 1. The second-order valence-corrected chi connectivity index (χ2v) is 4.75. The van der Waals surface area contributed by atoms with Crippen LogP contribution in [0.2, 0.25) is 0 Å². The molecule has 1 saturated heterocycles. The number of nitrogens with one attached hydrogen (secondary N) is 1. The topological polar surface area (TPSA) is 58.6 Å². The van der Waals surface area contributed by atoms with Crippen molar-refractivity contribution in [2.24, 2.45) is 0 Å². The molecule has 0 aliphatic carbocycles. The number of ether oxygens (including phenoxy) is 1. The van der Waals surface area contributed by atoms with E-state index in [0.717, 1.165) is 12.8 Å². The average molecular weight is 267 g/mol. The van der Waals surface area contributed by atoms with Gasteiger partial charge in [-0.05, 0) is 38.3 Å². The van der Waals surface area contributed by atoms with Crippen LogP contribution >= 0.6 is 0 Å². The third-order valence-electron chi connectivity index (χ3n) is 3.19. The van der Waals surface area contributed by atoms with Gasteiger partial charge in [0.1, 0.15) is 11.6 Å². The summed E-state index contributed by atoms with van der Waals surface area (Å²) in [6, 6.07) is 4.26. The predicted octanol–water partition coefficient (Wildman–Crippen LogP) is 1.93. The largest absolute Gasteiger partial charge is 0.481 e. The summed E-state index contributed by atoms with van der Waals surface area (Å²) in [4.78, 5) is 11.7. The van der Waals surface area contributed by atoms with Crippen LogP contribution in [0.4, 0.5) is 4.39 Å². The highest BCUT2D eigenvalue weighted by Crippen LogP contribution is 2.23. The highest BCUT2D eigenvalue weighted by molar-refractivity contribution is 5.81. The predicted molar refractivity (Wildman–Crippen MR) is 68.3 cm³/mol. The van der Waals surface area contributed by atoms with Crippen LogP contribution in [0.15, 0.2) is 18.2 Å². The molecule has 1 aliphatic heterocycles. The Morgan fingerprint density at radius 3 is 2.95 bits per heavy atom. The summed E-state index contributed by atoms with van der Waals surface area (Å²) < 4.78 is 19.2. The van der Waals surface area contributed by atoms with Crippen molar-refractivity contribution in [3.63, 3.8) is 0 Å². The summed E-state index contributed by atoms with van der Waals surface area (Å²) in [5, 5.41) is 12.1. The number of rotatable bonds is 3. The number of carbonyl (C=O) groups excluding carboxylic acids is 1. The summed E-state index contributed by atoms with van der Waals surface area (Å²) in [5.41, 5.74) is 0.220. The van der Waals surface area contributed by atoms with Crippen LogP contribution in [0.25, 0.3) is 0 Å². The van der Waals surface area contributed by atoms with Crippen molar-refractivity contribution >= 4 is 5.91 Å². The van der Waals surface area contributed by atoms with Crippen LogP contribution in [0.1, 0.15) is 37.9 Å². The number of hydrogen-bond donors (Lipinski definition) is 2. The smallest absolute Gasteiger partial charge is 0.261 e. The zero-order chi connectivity index (χ0) is 13.8. The third-order valence-corrected chi connectivity index (χ3v) is 3.19. The number of aliphatic hydroxyl groups excluding tert-OH is 1. The van der Waals surface area contributed by atoms with E-state index >= 15 is 0 Å². The minimum Gasteiger partial charge on any atom is -0.481 e. The Hall–Kier alpha value is -1.62. The van der Waals surface area contributed by atoms with E-state index in [9.17, 15) is 14.3 Å². The quantitative estimate of drug-likeness (QED) is 0.879. The van der Waals surface area contributed by atoms with Crippen LogP contribution in [0.3, 0.4) is 0 Å². The maximum absolute atomic E-state index is 13.7. The van der Waals surface area contributed by atoms with E-state index in [1.807, 2.05) is 0 Å². The first-order valence-electron chi connectivity index (χ1n) is 6.50. The molecule has 4 nitrogen and oxygen atoms in total. The van der Waals surface area contributed by atoms with E-state index in [-0.39, 0.29) is 11.5 Å². The molecule has 0 aromatic heterocycles. The molecule has 1 aromatic rings.